The van der Waals surface area contributed by atoms with E-state index in [0.717, 1.165) is 10.5 Å². The topological polar surface area (TPSA) is 101 Å². The molecule has 8 heteroatoms. The van der Waals surface area contributed by atoms with Gasteiger partial charge in [0.2, 0.25) is 11.8 Å². The lowest BCUT2D eigenvalue weighted by Gasteiger charge is -2.10. The summed E-state index contributed by atoms with van der Waals surface area (Å²) in [5.41, 5.74) is 1.71. The first-order valence-corrected chi connectivity index (χ1v) is 8.39. The van der Waals surface area contributed by atoms with Crippen molar-refractivity contribution < 1.29 is 14.5 Å². The van der Waals surface area contributed by atoms with Gasteiger partial charge in [0.25, 0.3) is 5.69 Å². The maximum absolute atomic E-state index is 12.2. The van der Waals surface area contributed by atoms with Crippen molar-refractivity contribution in [2.75, 3.05) is 16.4 Å². The van der Waals surface area contributed by atoms with Gasteiger partial charge in [0.1, 0.15) is 0 Å². The number of anilines is 2. The van der Waals surface area contributed by atoms with Crippen molar-refractivity contribution in [1.29, 1.82) is 0 Å². The fraction of sp³-hybridized carbons (Fsp3) is 0.176. The van der Waals surface area contributed by atoms with Crippen LogP contribution in [0.25, 0.3) is 0 Å². The number of non-ortho nitro benzene ring substituents is 1. The summed E-state index contributed by atoms with van der Waals surface area (Å²) in [6.45, 7) is 3.18. The Morgan fingerprint density at radius 3 is 2.52 bits per heavy atom. The monoisotopic (exact) mass is 359 g/mol. The molecule has 0 fully saturated rings. The highest BCUT2D eigenvalue weighted by Gasteiger charge is 2.12. The zero-order valence-corrected chi connectivity index (χ0v) is 14.6. The van der Waals surface area contributed by atoms with Gasteiger partial charge in [0.05, 0.1) is 22.1 Å². The molecule has 2 rings (SSSR count). The number of thioether (sulfide) groups is 1. The molecule has 0 aliphatic heterocycles. The molecule has 2 amide bonds. The minimum atomic E-state index is -0.506. The number of nitrogens with zero attached hydrogens (tertiary/aromatic N) is 1. The Balaban J connectivity index is 2.03. The highest BCUT2D eigenvalue weighted by Crippen LogP contribution is 2.27. The SMILES string of the molecule is CC(=O)Nc1ccccc1SCC(=O)Nc1cc([N+](=O)[O-])ccc1C. The van der Waals surface area contributed by atoms with E-state index in [2.05, 4.69) is 10.6 Å². The lowest BCUT2D eigenvalue weighted by atomic mass is 10.2. The summed E-state index contributed by atoms with van der Waals surface area (Å²) < 4.78 is 0. The van der Waals surface area contributed by atoms with Crippen molar-refractivity contribution in [2.24, 2.45) is 0 Å². The summed E-state index contributed by atoms with van der Waals surface area (Å²) in [7, 11) is 0. The van der Waals surface area contributed by atoms with E-state index in [0.29, 0.717) is 11.4 Å². The highest BCUT2D eigenvalue weighted by molar-refractivity contribution is 8.00. The third kappa shape index (κ3) is 5.32. The summed E-state index contributed by atoms with van der Waals surface area (Å²) in [6, 6.07) is 11.5. The molecule has 0 saturated carbocycles. The molecule has 0 heterocycles. The van der Waals surface area contributed by atoms with Crippen molar-refractivity contribution in [3.8, 4) is 0 Å². The molecule has 0 aliphatic rings. The fourth-order valence-corrected chi connectivity index (χ4v) is 2.88. The molecule has 7 nitrogen and oxygen atoms in total. The molecule has 25 heavy (non-hydrogen) atoms. The van der Waals surface area contributed by atoms with Crippen LogP contribution < -0.4 is 10.6 Å². The van der Waals surface area contributed by atoms with Crippen LogP contribution in [0, 0.1) is 17.0 Å². The number of amides is 2. The molecule has 2 aromatic carbocycles. The van der Waals surface area contributed by atoms with Crippen LogP contribution in [-0.2, 0) is 9.59 Å². The second-order valence-corrected chi connectivity index (χ2v) is 6.29. The Hall–Kier alpha value is -2.87. The highest BCUT2D eigenvalue weighted by atomic mass is 32.2. The summed E-state index contributed by atoms with van der Waals surface area (Å²) in [6.07, 6.45) is 0. The number of hydrogen-bond acceptors (Lipinski definition) is 5. The standard InChI is InChI=1S/C17H17N3O4S/c1-11-7-8-13(20(23)24)9-15(11)19-17(22)10-25-16-6-4-3-5-14(16)18-12(2)21/h3-9H,10H2,1-2H3,(H,18,21)(H,19,22). The van der Waals surface area contributed by atoms with Gasteiger partial charge in [-0.25, -0.2) is 0 Å². The molecule has 0 aliphatic carbocycles. The number of nitrogens with one attached hydrogen (secondary N) is 2. The van der Waals surface area contributed by atoms with Crippen molar-refractivity contribution in [1.82, 2.24) is 0 Å². The summed E-state index contributed by atoms with van der Waals surface area (Å²) >= 11 is 1.27. The maximum atomic E-state index is 12.2. The largest absolute Gasteiger partial charge is 0.325 e. The Bertz CT molecular complexity index is 823. The summed E-state index contributed by atoms with van der Waals surface area (Å²) in [5.74, 6) is -0.366. The van der Waals surface area contributed by atoms with E-state index in [-0.39, 0.29) is 23.3 Å². The first-order chi connectivity index (χ1) is 11.9. The third-order valence-electron chi connectivity index (χ3n) is 3.26. The zero-order chi connectivity index (χ0) is 18.4. The molecule has 0 unspecified atom stereocenters. The van der Waals surface area contributed by atoms with Gasteiger partial charge in [0, 0.05) is 24.0 Å². The van der Waals surface area contributed by atoms with Gasteiger partial charge in [-0.3, -0.25) is 19.7 Å². The first-order valence-electron chi connectivity index (χ1n) is 7.41. The Morgan fingerprint density at radius 2 is 1.84 bits per heavy atom. The number of para-hydroxylation sites is 1. The number of nitro benzene ring substituents is 1. The molecule has 0 bridgehead atoms. The quantitative estimate of drug-likeness (QED) is 0.466. The number of rotatable bonds is 6. The number of aryl methyl sites for hydroxylation is 1. The van der Waals surface area contributed by atoms with Crippen LogP contribution in [0.4, 0.5) is 17.1 Å². The van der Waals surface area contributed by atoms with E-state index in [1.165, 1.54) is 30.8 Å². The molecule has 0 spiro atoms. The predicted molar refractivity (Wildman–Crippen MR) is 97.9 cm³/mol. The number of nitro groups is 1. The molecule has 2 aromatic rings. The van der Waals surface area contributed by atoms with Crippen LogP contribution in [0.1, 0.15) is 12.5 Å². The van der Waals surface area contributed by atoms with Crippen molar-refractivity contribution in [3.63, 3.8) is 0 Å². The number of carbonyl (C=O) groups excluding carboxylic acids is 2. The van der Waals surface area contributed by atoms with Crippen LogP contribution in [-0.4, -0.2) is 22.5 Å². The average molecular weight is 359 g/mol. The fourth-order valence-electron chi connectivity index (χ4n) is 2.07. The van der Waals surface area contributed by atoms with Crippen LogP contribution in [0.3, 0.4) is 0 Å². The van der Waals surface area contributed by atoms with Gasteiger partial charge >= 0.3 is 0 Å². The van der Waals surface area contributed by atoms with Gasteiger partial charge in [0.15, 0.2) is 0 Å². The van der Waals surface area contributed by atoms with Crippen LogP contribution in [0.5, 0.6) is 0 Å². The molecule has 2 N–H and O–H groups in total. The van der Waals surface area contributed by atoms with E-state index in [1.54, 1.807) is 25.1 Å². The van der Waals surface area contributed by atoms with Gasteiger partial charge in [-0.2, -0.15) is 0 Å². The molecule has 0 aromatic heterocycles. The van der Waals surface area contributed by atoms with Crippen molar-refractivity contribution >= 4 is 40.6 Å². The number of hydrogen-bond donors (Lipinski definition) is 2. The molecular weight excluding hydrogens is 342 g/mol. The van der Waals surface area contributed by atoms with Crippen LogP contribution in [0.2, 0.25) is 0 Å². The Kier molecular flexibility index (Phi) is 6.13. The molecular formula is C17H17N3O4S. The predicted octanol–water partition coefficient (Wildman–Crippen LogP) is 3.59. The van der Waals surface area contributed by atoms with E-state index in [1.807, 2.05) is 12.1 Å². The molecule has 0 radical (unpaired) electrons. The molecule has 0 atom stereocenters. The van der Waals surface area contributed by atoms with E-state index >= 15 is 0 Å². The van der Waals surface area contributed by atoms with Gasteiger partial charge in [-0.05, 0) is 24.6 Å². The second-order valence-electron chi connectivity index (χ2n) is 5.27. The van der Waals surface area contributed by atoms with E-state index < -0.39 is 4.92 Å². The normalized spacial score (nSPS) is 10.2. The van der Waals surface area contributed by atoms with Gasteiger partial charge in [-0.1, -0.05) is 18.2 Å². The first kappa shape index (κ1) is 18.5. The van der Waals surface area contributed by atoms with E-state index in [9.17, 15) is 19.7 Å². The minimum absolute atomic E-state index is 0.0791. The van der Waals surface area contributed by atoms with Crippen molar-refractivity contribution in [3.05, 3.63) is 58.1 Å². The van der Waals surface area contributed by atoms with Crippen LogP contribution >= 0.6 is 11.8 Å². The number of benzene rings is 2. The smallest absolute Gasteiger partial charge is 0.271 e. The summed E-state index contributed by atoms with van der Waals surface area (Å²) in [5, 5.41) is 16.2. The Labute approximate surface area is 149 Å². The molecule has 0 saturated heterocycles. The van der Waals surface area contributed by atoms with Crippen LogP contribution in [0.15, 0.2) is 47.4 Å². The third-order valence-corrected chi connectivity index (χ3v) is 4.34. The maximum Gasteiger partial charge on any atom is 0.271 e. The second kappa shape index (κ2) is 8.29. The minimum Gasteiger partial charge on any atom is -0.325 e. The van der Waals surface area contributed by atoms with E-state index in [4.69, 9.17) is 0 Å². The lowest BCUT2D eigenvalue weighted by Crippen LogP contribution is -2.15. The van der Waals surface area contributed by atoms with Gasteiger partial charge < -0.3 is 10.6 Å². The summed E-state index contributed by atoms with van der Waals surface area (Å²) in [4.78, 5) is 34.5. The lowest BCUT2D eigenvalue weighted by molar-refractivity contribution is -0.384. The van der Waals surface area contributed by atoms with Gasteiger partial charge in [-0.15, -0.1) is 11.8 Å². The zero-order valence-electron chi connectivity index (χ0n) is 13.7. The number of carbonyl (C=O) groups is 2. The Morgan fingerprint density at radius 1 is 1.12 bits per heavy atom. The molecule has 130 valence electrons. The average Bonchev–Trinajstić information content (AvgIpc) is 2.55. The van der Waals surface area contributed by atoms with Crippen molar-refractivity contribution in [2.45, 2.75) is 18.7 Å².